The number of nitrogens with zero attached hydrogens (tertiary/aromatic N) is 12. The molecule has 0 unspecified atom stereocenters. The third-order valence-corrected chi connectivity index (χ3v) is 21.4. The van der Waals surface area contributed by atoms with Crippen LogP contribution in [-0.2, 0) is 41.2 Å². The average Bonchev–Trinajstić information content (AvgIpc) is 1.45. The van der Waals surface area contributed by atoms with Crippen molar-refractivity contribution in [2.24, 2.45) is 5.73 Å². The van der Waals surface area contributed by atoms with Crippen molar-refractivity contribution in [2.45, 2.75) is 65.5 Å². The van der Waals surface area contributed by atoms with E-state index in [0.717, 1.165) is 110 Å². The summed E-state index contributed by atoms with van der Waals surface area (Å²) in [6, 6.07) is 39.5. The highest BCUT2D eigenvalue weighted by Gasteiger charge is 2.33. The number of imidazole rings is 3. The molecule has 1 fully saturated rings. The molecule has 0 aliphatic carbocycles. The summed E-state index contributed by atoms with van der Waals surface area (Å²) >= 11 is 1.61. The lowest BCUT2D eigenvalue weighted by Crippen LogP contribution is -2.18. The molecule has 15 rings (SSSR count). The molecule has 604 valence electrons. The highest BCUT2D eigenvalue weighted by molar-refractivity contribution is 7.70. The lowest BCUT2D eigenvalue weighted by atomic mass is 10.0. The number of likely N-dealkylation sites (tertiary alicyclic amines) is 1. The van der Waals surface area contributed by atoms with E-state index in [1.54, 1.807) is 103 Å². The van der Waals surface area contributed by atoms with Gasteiger partial charge in [0.2, 0.25) is 5.91 Å². The van der Waals surface area contributed by atoms with Crippen molar-refractivity contribution in [1.82, 2.24) is 58.4 Å². The normalized spacial score (nSPS) is 12.1. The summed E-state index contributed by atoms with van der Waals surface area (Å²) in [5, 5.41) is 13.9. The number of rotatable bonds is 16. The number of primary amides is 1. The van der Waals surface area contributed by atoms with Crippen LogP contribution in [0.5, 0.6) is 0 Å². The van der Waals surface area contributed by atoms with Gasteiger partial charge in [-0.1, -0.05) is 72.1 Å². The van der Waals surface area contributed by atoms with E-state index in [2.05, 4.69) is 91.3 Å². The zero-order valence-electron chi connectivity index (χ0n) is 65.9. The quantitative estimate of drug-likeness (QED) is 0.0399. The van der Waals surface area contributed by atoms with Crippen LogP contribution >= 0.6 is 18.5 Å². The number of hydrogen-bond donors (Lipinski definition) is 4. The van der Waals surface area contributed by atoms with E-state index in [4.69, 9.17) is 5.73 Å². The van der Waals surface area contributed by atoms with Gasteiger partial charge in [0.1, 0.15) is 23.5 Å². The minimum atomic E-state index is -4.63. The van der Waals surface area contributed by atoms with Crippen molar-refractivity contribution < 1.29 is 50.1 Å². The first-order chi connectivity index (χ1) is 57.4. The minimum absolute atomic E-state index is 0.0126. The molecular formula is C91H77F6N16O5PS. The molecule has 1 aliphatic rings. The molecule has 1 aliphatic heterocycles. The fourth-order valence-corrected chi connectivity index (χ4v) is 14.4. The van der Waals surface area contributed by atoms with Crippen LogP contribution in [0, 0.1) is 56.3 Å². The average molecular weight is 1650 g/mol. The number of fused-ring (bicyclic) bond motifs is 2. The van der Waals surface area contributed by atoms with Crippen LogP contribution in [0.15, 0.2) is 226 Å². The Morgan fingerprint density at radius 2 is 1.17 bits per heavy atom. The van der Waals surface area contributed by atoms with E-state index >= 15 is 0 Å². The van der Waals surface area contributed by atoms with E-state index < -0.39 is 48.3 Å². The zero-order chi connectivity index (χ0) is 85.0. The Morgan fingerprint density at radius 1 is 0.542 bits per heavy atom. The Bertz CT molecular complexity index is 6460. The first kappa shape index (κ1) is 84.0. The number of anilines is 3. The van der Waals surface area contributed by atoms with Crippen molar-refractivity contribution in [1.29, 1.82) is 0 Å². The van der Waals surface area contributed by atoms with Gasteiger partial charge in [-0.2, -0.15) is 26.3 Å². The number of carbonyl (C=O) groups is 4. The number of nitrogens with two attached hydrogens (primary N) is 1. The molecular weight excluding hydrogens is 1570 g/mol. The number of benzene rings is 7. The molecule has 8 heterocycles. The van der Waals surface area contributed by atoms with E-state index in [1.807, 2.05) is 123 Å². The molecule has 0 atom stereocenters. The summed E-state index contributed by atoms with van der Waals surface area (Å²) in [6.45, 7) is 12.5. The highest BCUT2D eigenvalue weighted by Crippen LogP contribution is 2.38. The molecule has 0 bridgehead atoms. The van der Waals surface area contributed by atoms with Crippen molar-refractivity contribution in [2.75, 3.05) is 56.5 Å². The summed E-state index contributed by atoms with van der Waals surface area (Å²) in [6.07, 6.45) is 12.4. The molecule has 0 radical (unpaired) electrons. The lowest BCUT2D eigenvalue weighted by molar-refractivity contribution is -0.138. The Morgan fingerprint density at radius 3 is 1.82 bits per heavy atom. The number of alkyl halides is 6. The van der Waals surface area contributed by atoms with Crippen LogP contribution in [0.3, 0.4) is 0 Å². The second-order valence-corrected chi connectivity index (χ2v) is 33.1. The number of thiophene rings is 1. The fourth-order valence-electron chi connectivity index (χ4n) is 12.8. The van der Waals surface area contributed by atoms with Gasteiger partial charge in [-0.05, 0) is 205 Å². The molecule has 29 heteroatoms. The smallest absolute Gasteiger partial charge is 0.369 e. The van der Waals surface area contributed by atoms with Gasteiger partial charge >= 0.3 is 12.4 Å². The van der Waals surface area contributed by atoms with Crippen LogP contribution in [0.2, 0.25) is 0 Å². The number of aromatic nitrogens is 10. The Labute approximate surface area is 691 Å². The molecule has 7 aromatic heterocycles. The summed E-state index contributed by atoms with van der Waals surface area (Å²) < 4.78 is 99.9. The molecule has 7 aromatic carbocycles. The SMILES string of the molecule is Cc1ccc(C(=O)Nc2cc(-n3ccnc3)cc(C(F)(F)F)c2)cc1C#Cc1cncc2ccccc12.Cc1ccc(C(=O)Nc2cc(-n3ccnc3CN(C)C)cc(C(F)(F)F)c2)cc1C#Cc1cnc(CC(N)=O)cn1.Cc1ccc(NC(=O)c2cc(-n3cnc(CN4CCCC4)c3)cc(P(C)(C)=O)c2)cc1C#Cc1cnc2sccc2c1. The number of amides is 4. The van der Waals surface area contributed by atoms with Crippen LogP contribution in [0.1, 0.15) is 122 Å². The maximum atomic E-state index is 13.8. The van der Waals surface area contributed by atoms with Gasteiger partial charge in [0.05, 0.1) is 66.1 Å². The maximum Gasteiger partial charge on any atom is 0.416 e. The van der Waals surface area contributed by atoms with Gasteiger partial charge in [-0.25, -0.2) is 24.9 Å². The van der Waals surface area contributed by atoms with Gasteiger partial charge in [-0.3, -0.25) is 34.0 Å². The monoisotopic (exact) mass is 1650 g/mol. The lowest BCUT2D eigenvalue weighted by Gasteiger charge is -2.16. The standard InChI is InChI=1S/C33H32N5O2PS.C29H26F3N7O2.C29H19F3N4O/c1-23-6-9-28(15-25(23)8-7-24-14-26-10-13-42-33(26)34-19-24)36-32(39)27-16-30(18-31(17-27)41(2,3)40)38-21-29(35-22-38)20-37-11-4-5-12-37;1-18-4-5-20(10-19(18)6-7-22-15-36-24(16-35-22)14-26(33)40)28(41)37-23-11-21(29(30,31)32)12-25(13-23)39-9-8-34-27(39)17-38(2)3;1-19-6-7-21(12-20(19)8-9-23-17-34-16-22-4-2-3-5-27(22)23)28(37)35-25-13-24(29(30,31)32)14-26(15-25)36-11-10-33-18-36/h6,9-10,13-19,21-22H,4-5,11-12,20H2,1-3H3,(H,36,39);4-5,8-13,15-16H,14,17H2,1-3H3,(H2,33,40)(H,37,41);2-7,10-18H,1H3,(H,35,37). The molecule has 14 aromatic rings. The largest absolute Gasteiger partial charge is 0.416 e. The van der Waals surface area contributed by atoms with Crippen LogP contribution in [0.4, 0.5) is 43.4 Å². The molecule has 4 amide bonds. The third-order valence-electron chi connectivity index (χ3n) is 19.1. The summed E-state index contributed by atoms with van der Waals surface area (Å²) in [4.78, 5) is 85.6. The predicted octanol–water partition coefficient (Wildman–Crippen LogP) is 16.4. The van der Waals surface area contributed by atoms with Crippen molar-refractivity contribution in [3.05, 3.63) is 321 Å². The van der Waals surface area contributed by atoms with E-state index in [-0.39, 0.29) is 46.2 Å². The number of halogens is 6. The molecule has 5 N–H and O–H groups in total. The van der Waals surface area contributed by atoms with Crippen LogP contribution in [0.25, 0.3) is 38.1 Å². The third kappa shape index (κ3) is 21.8. The molecule has 120 heavy (non-hydrogen) atoms. The predicted molar refractivity (Wildman–Crippen MR) is 453 cm³/mol. The molecule has 21 nitrogen and oxygen atoms in total. The van der Waals surface area contributed by atoms with Gasteiger partial charge in [0.25, 0.3) is 17.7 Å². The van der Waals surface area contributed by atoms with Crippen molar-refractivity contribution >= 4 is 85.5 Å². The fraction of sp³-hybridized carbons (Fsp3) is 0.176. The second kappa shape index (κ2) is 36.7. The Hall–Kier alpha value is -13.9. The Balaban J connectivity index is 0.000000156. The maximum absolute atomic E-state index is 13.8. The van der Waals surface area contributed by atoms with E-state index in [0.29, 0.717) is 51.4 Å². The van der Waals surface area contributed by atoms with Gasteiger partial charge in [-0.15, -0.1) is 11.3 Å². The number of pyridine rings is 2. The van der Waals surface area contributed by atoms with Gasteiger partial charge in [0, 0.05) is 151 Å². The number of carbonyl (C=O) groups excluding carboxylic acids is 4. The second-order valence-electron chi connectivity index (χ2n) is 29.0. The summed E-state index contributed by atoms with van der Waals surface area (Å²) in [5.74, 6) is 17.1. The Kier molecular flexibility index (Phi) is 25.7. The van der Waals surface area contributed by atoms with Crippen molar-refractivity contribution in [3.8, 4) is 52.6 Å². The minimum Gasteiger partial charge on any atom is -0.369 e. The van der Waals surface area contributed by atoms with E-state index in [9.17, 15) is 50.1 Å². The van der Waals surface area contributed by atoms with Gasteiger partial charge < -0.3 is 44.9 Å². The molecule has 1 saturated heterocycles. The highest BCUT2D eigenvalue weighted by atomic mass is 32.1. The van der Waals surface area contributed by atoms with Crippen LogP contribution < -0.4 is 27.0 Å². The topological polar surface area (TPSA) is 259 Å². The number of aryl methyl sites for hydroxylation is 3. The van der Waals surface area contributed by atoms with Crippen LogP contribution in [-0.4, -0.2) is 123 Å². The first-order valence-corrected chi connectivity index (χ1v) is 41.0. The first-order valence-electron chi connectivity index (χ1n) is 37.5. The summed E-state index contributed by atoms with van der Waals surface area (Å²) in [5.41, 5.74) is 14.1. The number of nitrogens with one attached hydrogen (secondary N) is 3. The van der Waals surface area contributed by atoms with Crippen molar-refractivity contribution in [3.63, 3.8) is 0 Å². The summed E-state index contributed by atoms with van der Waals surface area (Å²) in [7, 11) is 1.01. The molecule has 0 saturated carbocycles. The number of hydrogen-bond acceptors (Lipinski definition) is 15. The van der Waals surface area contributed by atoms with Gasteiger partial charge in [0.15, 0.2) is 0 Å². The zero-order valence-corrected chi connectivity index (χ0v) is 67.6. The van der Waals surface area contributed by atoms with E-state index in [1.165, 1.54) is 66.9 Å². The molecule has 0 spiro atoms.